The molecular formula is C16H24FN. The van der Waals surface area contributed by atoms with E-state index < -0.39 is 0 Å². The molecule has 0 heterocycles. The standard InChI is InChI=1S/C16H24FN/c1-3-18-15(16(2)10-4-5-11-16)12-13-6-8-14(17)9-7-13/h6-9,15,18H,3-5,10-12H2,1-2H3. The van der Waals surface area contributed by atoms with Crippen LogP contribution in [0.15, 0.2) is 24.3 Å². The van der Waals surface area contributed by atoms with E-state index in [1.165, 1.54) is 31.2 Å². The number of benzene rings is 1. The van der Waals surface area contributed by atoms with Crippen LogP contribution in [-0.4, -0.2) is 12.6 Å². The molecule has 1 aromatic carbocycles. The summed E-state index contributed by atoms with van der Waals surface area (Å²) in [6.07, 6.45) is 6.33. The molecule has 0 amide bonds. The summed E-state index contributed by atoms with van der Waals surface area (Å²) in [7, 11) is 0. The molecule has 0 spiro atoms. The molecule has 2 rings (SSSR count). The maximum absolute atomic E-state index is 12.9. The zero-order valence-electron chi connectivity index (χ0n) is 11.5. The number of nitrogens with one attached hydrogen (secondary N) is 1. The van der Waals surface area contributed by atoms with Gasteiger partial charge in [-0.15, -0.1) is 0 Å². The van der Waals surface area contributed by atoms with Crippen LogP contribution in [-0.2, 0) is 6.42 Å². The highest BCUT2D eigenvalue weighted by atomic mass is 19.1. The first-order valence-electron chi connectivity index (χ1n) is 7.12. The topological polar surface area (TPSA) is 12.0 Å². The largest absolute Gasteiger partial charge is 0.313 e. The third-order valence-electron chi connectivity index (χ3n) is 4.39. The SMILES string of the molecule is CCNC(Cc1ccc(F)cc1)C1(C)CCCC1. The molecule has 1 saturated carbocycles. The lowest BCUT2D eigenvalue weighted by Gasteiger charge is -2.35. The molecule has 100 valence electrons. The predicted octanol–water partition coefficient (Wildman–Crippen LogP) is 3.93. The van der Waals surface area contributed by atoms with E-state index >= 15 is 0 Å². The Labute approximate surface area is 110 Å². The molecule has 0 aromatic heterocycles. The molecule has 1 nitrogen and oxygen atoms in total. The lowest BCUT2D eigenvalue weighted by atomic mass is 9.78. The summed E-state index contributed by atoms with van der Waals surface area (Å²) in [6, 6.07) is 7.47. The molecule has 2 heteroatoms. The molecule has 0 aliphatic heterocycles. The minimum atomic E-state index is -0.147. The number of rotatable bonds is 5. The van der Waals surface area contributed by atoms with Crippen LogP contribution >= 0.6 is 0 Å². The van der Waals surface area contributed by atoms with E-state index in [4.69, 9.17) is 0 Å². The summed E-state index contributed by atoms with van der Waals surface area (Å²) in [4.78, 5) is 0. The van der Waals surface area contributed by atoms with Gasteiger partial charge >= 0.3 is 0 Å². The Hall–Kier alpha value is -0.890. The van der Waals surface area contributed by atoms with Gasteiger partial charge in [0.15, 0.2) is 0 Å². The van der Waals surface area contributed by atoms with Crippen LogP contribution in [0.4, 0.5) is 4.39 Å². The maximum Gasteiger partial charge on any atom is 0.123 e. The predicted molar refractivity (Wildman–Crippen MR) is 74.1 cm³/mol. The number of hydrogen-bond donors (Lipinski definition) is 1. The molecule has 0 radical (unpaired) electrons. The molecule has 1 N–H and O–H groups in total. The molecule has 1 aromatic rings. The molecule has 1 aliphatic carbocycles. The van der Waals surface area contributed by atoms with Crippen LogP contribution in [0.3, 0.4) is 0 Å². The summed E-state index contributed by atoms with van der Waals surface area (Å²) in [5.41, 5.74) is 1.64. The van der Waals surface area contributed by atoms with Crippen LogP contribution in [0, 0.1) is 11.2 Å². The highest BCUT2D eigenvalue weighted by Crippen LogP contribution is 2.41. The van der Waals surface area contributed by atoms with Crippen LogP contribution in [0.1, 0.15) is 45.1 Å². The van der Waals surface area contributed by atoms with Gasteiger partial charge in [-0.25, -0.2) is 4.39 Å². The first-order valence-corrected chi connectivity index (χ1v) is 7.12. The Morgan fingerprint density at radius 2 is 1.83 bits per heavy atom. The summed E-state index contributed by atoms with van der Waals surface area (Å²) >= 11 is 0. The Kier molecular flexibility index (Phi) is 4.39. The monoisotopic (exact) mass is 249 g/mol. The second-order valence-corrected chi connectivity index (χ2v) is 5.80. The van der Waals surface area contributed by atoms with Gasteiger partial charge in [0, 0.05) is 6.04 Å². The van der Waals surface area contributed by atoms with Crippen LogP contribution in [0.25, 0.3) is 0 Å². The minimum absolute atomic E-state index is 0.147. The Balaban J connectivity index is 2.08. The fraction of sp³-hybridized carbons (Fsp3) is 0.625. The van der Waals surface area contributed by atoms with Crippen molar-refractivity contribution in [3.05, 3.63) is 35.6 Å². The lowest BCUT2D eigenvalue weighted by Crippen LogP contribution is -2.43. The van der Waals surface area contributed by atoms with Gasteiger partial charge in [-0.2, -0.15) is 0 Å². The number of likely N-dealkylation sites (N-methyl/N-ethyl adjacent to an activating group) is 1. The second kappa shape index (κ2) is 5.83. The van der Waals surface area contributed by atoms with Crippen molar-refractivity contribution in [2.75, 3.05) is 6.54 Å². The van der Waals surface area contributed by atoms with Gasteiger partial charge < -0.3 is 5.32 Å². The third-order valence-corrected chi connectivity index (χ3v) is 4.39. The smallest absolute Gasteiger partial charge is 0.123 e. The molecule has 1 fully saturated rings. The second-order valence-electron chi connectivity index (χ2n) is 5.80. The Bertz CT molecular complexity index is 365. The zero-order valence-corrected chi connectivity index (χ0v) is 11.5. The molecule has 1 unspecified atom stereocenters. The number of hydrogen-bond acceptors (Lipinski definition) is 1. The number of halogens is 1. The van der Waals surface area contributed by atoms with Crippen LogP contribution < -0.4 is 5.32 Å². The van der Waals surface area contributed by atoms with Gasteiger partial charge in [0.25, 0.3) is 0 Å². The van der Waals surface area contributed by atoms with E-state index in [1.807, 2.05) is 12.1 Å². The molecule has 1 atom stereocenters. The molecule has 0 bridgehead atoms. The van der Waals surface area contributed by atoms with Gasteiger partial charge in [0.2, 0.25) is 0 Å². The summed E-state index contributed by atoms with van der Waals surface area (Å²) in [5, 5.41) is 3.63. The van der Waals surface area contributed by atoms with Crippen molar-refractivity contribution in [3.63, 3.8) is 0 Å². The Morgan fingerprint density at radius 3 is 2.39 bits per heavy atom. The summed E-state index contributed by atoms with van der Waals surface area (Å²) in [6.45, 7) is 5.56. The van der Waals surface area contributed by atoms with E-state index in [1.54, 1.807) is 12.1 Å². The minimum Gasteiger partial charge on any atom is -0.313 e. The van der Waals surface area contributed by atoms with Gasteiger partial charge in [-0.3, -0.25) is 0 Å². The molecule has 1 aliphatic rings. The van der Waals surface area contributed by atoms with E-state index in [0.29, 0.717) is 11.5 Å². The van der Waals surface area contributed by atoms with Crippen molar-refractivity contribution in [3.8, 4) is 0 Å². The lowest BCUT2D eigenvalue weighted by molar-refractivity contribution is 0.222. The van der Waals surface area contributed by atoms with Crippen molar-refractivity contribution < 1.29 is 4.39 Å². The maximum atomic E-state index is 12.9. The van der Waals surface area contributed by atoms with Crippen molar-refractivity contribution in [2.45, 2.75) is 52.0 Å². The average molecular weight is 249 g/mol. The van der Waals surface area contributed by atoms with Gasteiger partial charge in [-0.05, 0) is 48.9 Å². The van der Waals surface area contributed by atoms with E-state index in [2.05, 4.69) is 19.2 Å². The van der Waals surface area contributed by atoms with E-state index in [9.17, 15) is 4.39 Å². The van der Waals surface area contributed by atoms with Crippen LogP contribution in [0.5, 0.6) is 0 Å². The highest BCUT2D eigenvalue weighted by molar-refractivity contribution is 5.18. The van der Waals surface area contributed by atoms with Gasteiger partial charge in [0.1, 0.15) is 5.82 Å². The summed E-state index contributed by atoms with van der Waals surface area (Å²) < 4.78 is 12.9. The normalized spacial score (nSPS) is 19.9. The van der Waals surface area contributed by atoms with E-state index in [-0.39, 0.29) is 5.82 Å². The summed E-state index contributed by atoms with van der Waals surface area (Å²) in [5.74, 6) is -0.147. The van der Waals surface area contributed by atoms with Crippen molar-refractivity contribution in [1.82, 2.24) is 5.32 Å². The van der Waals surface area contributed by atoms with Crippen molar-refractivity contribution in [1.29, 1.82) is 0 Å². The van der Waals surface area contributed by atoms with Crippen molar-refractivity contribution in [2.24, 2.45) is 5.41 Å². The van der Waals surface area contributed by atoms with Crippen molar-refractivity contribution >= 4 is 0 Å². The molecule has 18 heavy (non-hydrogen) atoms. The highest BCUT2D eigenvalue weighted by Gasteiger charge is 2.36. The Morgan fingerprint density at radius 1 is 1.22 bits per heavy atom. The fourth-order valence-electron chi connectivity index (χ4n) is 3.20. The van der Waals surface area contributed by atoms with Gasteiger partial charge in [-0.1, -0.05) is 38.8 Å². The fourth-order valence-corrected chi connectivity index (χ4v) is 3.20. The van der Waals surface area contributed by atoms with Crippen LogP contribution in [0.2, 0.25) is 0 Å². The quantitative estimate of drug-likeness (QED) is 0.834. The molecular weight excluding hydrogens is 225 g/mol. The molecule has 0 saturated heterocycles. The zero-order chi connectivity index (χ0) is 13.0. The van der Waals surface area contributed by atoms with Gasteiger partial charge in [0.05, 0.1) is 0 Å². The average Bonchev–Trinajstić information content (AvgIpc) is 2.80. The third kappa shape index (κ3) is 3.11. The van der Waals surface area contributed by atoms with E-state index in [0.717, 1.165) is 13.0 Å². The first-order chi connectivity index (χ1) is 8.64. The first kappa shape index (κ1) is 13.5.